The Morgan fingerprint density at radius 2 is 0.797 bits per heavy atom. The van der Waals surface area contributed by atoms with Crippen LogP contribution in [0.4, 0.5) is 0 Å². The van der Waals surface area contributed by atoms with E-state index in [4.69, 9.17) is 9.97 Å². The van der Waals surface area contributed by atoms with Crippen molar-refractivity contribution in [1.82, 2.24) is 14.5 Å². The van der Waals surface area contributed by atoms with Crippen molar-refractivity contribution in [2.45, 2.75) is 0 Å². The summed E-state index contributed by atoms with van der Waals surface area (Å²) < 4.78 is 2.35. The standard InChI is InChI=1S/C56H35N3/c1-4-14-36(15-5-1)42-27-29-53-50(32-42)51-33-48-47-31-43(41-25-24-37-16-10-11-21-40(37)30-41)26-28-46(47)44-22-12-13-23-45(44)49(48)34-54(51)59(53)55-35-52(38-17-6-2-7-18-38)57-56(58-55)39-19-8-3-9-20-39/h1-35H. The molecule has 0 aliphatic rings. The molecule has 0 unspecified atom stereocenters. The number of hydrogen-bond acceptors (Lipinski definition) is 2. The van der Waals surface area contributed by atoms with Gasteiger partial charge in [-0.25, -0.2) is 9.97 Å². The van der Waals surface area contributed by atoms with E-state index < -0.39 is 0 Å². The second-order valence-electron chi connectivity index (χ2n) is 15.4. The highest BCUT2D eigenvalue weighted by Crippen LogP contribution is 2.43. The van der Waals surface area contributed by atoms with Crippen LogP contribution >= 0.6 is 0 Å². The second-order valence-corrected chi connectivity index (χ2v) is 15.4. The third-order valence-electron chi connectivity index (χ3n) is 12.0. The van der Waals surface area contributed by atoms with E-state index >= 15 is 0 Å². The number of nitrogens with zero attached hydrogens (tertiary/aromatic N) is 3. The Labute approximate surface area is 341 Å². The smallest absolute Gasteiger partial charge is 0.162 e. The molecule has 0 atom stereocenters. The third kappa shape index (κ3) is 5.51. The van der Waals surface area contributed by atoms with Gasteiger partial charge in [-0.05, 0) is 102 Å². The SMILES string of the molecule is c1ccc(-c2ccc3c(c2)c2cc4c5cc(-c6ccc7ccccc7c6)ccc5c5ccccc5c4cc2n3-c2cc(-c3ccccc3)nc(-c3ccccc3)n2)cc1. The Morgan fingerprint density at radius 3 is 1.58 bits per heavy atom. The maximum atomic E-state index is 5.36. The first-order valence-corrected chi connectivity index (χ1v) is 20.1. The van der Waals surface area contributed by atoms with Crippen molar-refractivity contribution in [3.8, 4) is 50.7 Å². The molecule has 2 aromatic heterocycles. The zero-order valence-corrected chi connectivity index (χ0v) is 32.0. The molecule has 0 amide bonds. The molecule has 274 valence electrons. The second kappa shape index (κ2) is 13.4. The molecule has 0 saturated carbocycles. The molecule has 0 aliphatic heterocycles. The van der Waals surface area contributed by atoms with Gasteiger partial charge in [0, 0.05) is 28.0 Å². The zero-order valence-electron chi connectivity index (χ0n) is 32.0. The Kier molecular flexibility index (Phi) is 7.54. The van der Waals surface area contributed by atoms with Crippen LogP contribution < -0.4 is 0 Å². The van der Waals surface area contributed by atoms with Crippen molar-refractivity contribution in [1.29, 1.82) is 0 Å². The summed E-state index contributed by atoms with van der Waals surface area (Å²) in [6.45, 7) is 0. The molecule has 12 aromatic rings. The minimum atomic E-state index is 0.691. The summed E-state index contributed by atoms with van der Waals surface area (Å²) in [4.78, 5) is 10.5. The molecule has 0 fully saturated rings. The van der Waals surface area contributed by atoms with Gasteiger partial charge in [0.1, 0.15) is 5.82 Å². The normalized spacial score (nSPS) is 11.7. The lowest BCUT2D eigenvalue weighted by atomic mass is 9.90. The molecule has 3 heteroatoms. The van der Waals surface area contributed by atoms with Crippen LogP contribution in [0, 0.1) is 0 Å². The number of fused-ring (bicyclic) bond motifs is 10. The van der Waals surface area contributed by atoms with Crippen LogP contribution in [0.3, 0.4) is 0 Å². The largest absolute Gasteiger partial charge is 0.294 e. The first-order valence-electron chi connectivity index (χ1n) is 20.1. The van der Waals surface area contributed by atoms with Crippen molar-refractivity contribution in [2.24, 2.45) is 0 Å². The van der Waals surface area contributed by atoms with E-state index in [-0.39, 0.29) is 0 Å². The van der Waals surface area contributed by atoms with Gasteiger partial charge in [0.05, 0.1) is 16.7 Å². The van der Waals surface area contributed by atoms with Crippen LogP contribution in [0.5, 0.6) is 0 Å². The highest BCUT2D eigenvalue weighted by molar-refractivity contribution is 6.29. The third-order valence-corrected chi connectivity index (χ3v) is 12.0. The van der Waals surface area contributed by atoms with Gasteiger partial charge in [-0.3, -0.25) is 4.57 Å². The molecule has 0 aliphatic carbocycles. The molecular weight excluding hydrogens is 715 g/mol. The summed E-state index contributed by atoms with van der Waals surface area (Å²) >= 11 is 0. The van der Waals surface area contributed by atoms with Crippen LogP contribution in [0.1, 0.15) is 0 Å². The van der Waals surface area contributed by atoms with E-state index in [1.807, 2.05) is 24.3 Å². The maximum absolute atomic E-state index is 5.36. The van der Waals surface area contributed by atoms with E-state index in [9.17, 15) is 0 Å². The van der Waals surface area contributed by atoms with Crippen molar-refractivity contribution < 1.29 is 0 Å². The van der Waals surface area contributed by atoms with Crippen LogP contribution in [-0.2, 0) is 0 Å². The van der Waals surface area contributed by atoms with Gasteiger partial charge >= 0.3 is 0 Å². The lowest BCUT2D eigenvalue weighted by Gasteiger charge is -2.14. The number of aromatic nitrogens is 3. The van der Waals surface area contributed by atoms with Crippen molar-refractivity contribution in [3.05, 3.63) is 212 Å². The topological polar surface area (TPSA) is 30.7 Å². The molecule has 0 bridgehead atoms. The minimum Gasteiger partial charge on any atom is -0.294 e. The fraction of sp³-hybridized carbons (Fsp3) is 0. The summed E-state index contributed by atoms with van der Waals surface area (Å²) in [7, 11) is 0. The monoisotopic (exact) mass is 749 g/mol. The van der Waals surface area contributed by atoms with Gasteiger partial charge in [0.2, 0.25) is 0 Å². The van der Waals surface area contributed by atoms with Gasteiger partial charge < -0.3 is 0 Å². The highest BCUT2D eigenvalue weighted by Gasteiger charge is 2.20. The molecule has 0 spiro atoms. The van der Waals surface area contributed by atoms with Crippen molar-refractivity contribution in [2.75, 3.05) is 0 Å². The first kappa shape index (κ1) is 33.3. The Hall–Kier alpha value is -7.88. The Bertz CT molecular complexity index is 3530. The predicted molar refractivity (Wildman–Crippen MR) is 248 cm³/mol. The van der Waals surface area contributed by atoms with Gasteiger partial charge in [-0.15, -0.1) is 0 Å². The molecule has 2 heterocycles. The molecule has 3 nitrogen and oxygen atoms in total. The van der Waals surface area contributed by atoms with E-state index in [1.165, 1.54) is 76.1 Å². The molecule has 0 radical (unpaired) electrons. The fourth-order valence-electron chi connectivity index (χ4n) is 9.09. The average Bonchev–Trinajstić information content (AvgIpc) is 3.64. The lowest BCUT2D eigenvalue weighted by Crippen LogP contribution is -2.02. The summed E-state index contributed by atoms with van der Waals surface area (Å²) in [5.74, 6) is 1.52. The highest BCUT2D eigenvalue weighted by atomic mass is 15.1. The summed E-state index contributed by atoms with van der Waals surface area (Å²) in [6.07, 6.45) is 0. The summed E-state index contributed by atoms with van der Waals surface area (Å²) in [6, 6.07) is 76.5. The quantitative estimate of drug-likeness (QED) is 0.164. The van der Waals surface area contributed by atoms with E-state index in [2.05, 4.69) is 193 Å². The van der Waals surface area contributed by atoms with Gasteiger partial charge in [-0.2, -0.15) is 0 Å². The summed E-state index contributed by atoms with van der Waals surface area (Å²) in [5.41, 5.74) is 9.88. The van der Waals surface area contributed by atoms with Crippen LogP contribution in [0.2, 0.25) is 0 Å². The van der Waals surface area contributed by atoms with Gasteiger partial charge in [-0.1, -0.05) is 170 Å². The Balaban J connectivity index is 1.19. The number of rotatable bonds is 5. The van der Waals surface area contributed by atoms with E-state index in [0.29, 0.717) is 5.82 Å². The maximum Gasteiger partial charge on any atom is 0.162 e. The fourth-order valence-corrected chi connectivity index (χ4v) is 9.09. The van der Waals surface area contributed by atoms with Gasteiger partial charge in [0.15, 0.2) is 5.82 Å². The van der Waals surface area contributed by atoms with Crippen molar-refractivity contribution >= 4 is 64.9 Å². The molecule has 0 N–H and O–H groups in total. The van der Waals surface area contributed by atoms with Crippen molar-refractivity contribution in [3.63, 3.8) is 0 Å². The average molecular weight is 750 g/mol. The summed E-state index contributed by atoms with van der Waals surface area (Å²) in [5, 5.41) is 12.3. The van der Waals surface area contributed by atoms with Gasteiger partial charge in [0.25, 0.3) is 0 Å². The molecule has 12 rings (SSSR count). The van der Waals surface area contributed by atoms with Crippen LogP contribution in [0.25, 0.3) is 116 Å². The molecular formula is C56H35N3. The molecule has 0 saturated heterocycles. The zero-order chi connectivity index (χ0) is 38.9. The van der Waals surface area contributed by atoms with Crippen LogP contribution in [0.15, 0.2) is 212 Å². The van der Waals surface area contributed by atoms with E-state index in [0.717, 1.165) is 33.7 Å². The molecule has 10 aromatic carbocycles. The number of benzene rings is 10. The Morgan fingerprint density at radius 1 is 0.271 bits per heavy atom. The molecule has 59 heavy (non-hydrogen) atoms. The predicted octanol–water partition coefficient (Wildman–Crippen LogP) is 14.9. The lowest BCUT2D eigenvalue weighted by molar-refractivity contribution is 1.05. The first-order chi connectivity index (χ1) is 29.2. The van der Waals surface area contributed by atoms with Crippen LogP contribution in [-0.4, -0.2) is 14.5 Å². The van der Waals surface area contributed by atoms with E-state index in [1.54, 1.807) is 0 Å². The number of hydrogen-bond donors (Lipinski definition) is 0. The minimum absolute atomic E-state index is 0.691.